The normalized spacial score (nSPS) is 12.1. The van der Waals surface area contributed by atoms with Crippen LogP contribution in [0, 0.1) is 17.2 Å². The summed E-state index contributed by atoms with van der Waals surface area (Å²) < 4.78 is 0. The van der Waals surface area contributed by atoms with E-state index in [2.05, 4.69) is 0 Å². The van der Waals surface area contributed by atoms with Gasteiger partial charge in [-0.15, -0.1) is 0 Å². The lowest BCUT2D eigenvalue weighted by Crippen LogP contribution is -1.98. The van der Waals surface area contributed by atoms with Gasteiger partial charge < -0.3 is 0 Å². The molecule has 0 aliphatic carbocycles. The SMILES string of the molecule is CC(C#N)C(=O)Cl. The van der Waals surface area contributed by atoms with Crippen LogP contribution in [-0.4, -0.2) is 5.24 Å². The molecule has 0 bridgehead atoms. The molecule has 0 aromatic carbocycles. The zero-order valence-corrected chi connectivity index (χ0v) is 4.57. The summed E-state index contributed by atoms with van der Waals surface area (Å²) in [6, 6.07) is 1.68. The Kier molecular flexibility index (Phi) is 2.39. The fraction of sp³-hybridized carbons (Fsp3) is 0.500. The van der Waals surface area contributed by atoms with Gasteiger partial charge in [0.2, 0.25) is 5.24 Å². The minimum absolute atomic E-state index is 0.595. The van der Waals surface area contributed by atoms with E-state index in [-0.39, 0.29) is 0 Å². The fourth-order valence-corrected chi connectivity index (χ4v) is 0.0995. The molecule has 0 aromatic rings. The van der Waals surface area contributed by atoms with Crippen molar-refractivity contribution in [1.29, 1.82) is 5.26 Å². The minimum Gasteiger partial charge on any atom is -0.280 e. The molecule has 0 saturated carbocycles. The van der Waals surface area contributed by atoms with Crippen molar-refractivity contribution in [1.82, 2.24) is 0 Å². The van der Waals surface area contributed by atoms with Crippen LogP contribution in [0.5, 0.6) is 0 Å². The molecule has 2 nitrogen and oxygen atoms in total. The number of hydrogen-bond donors (Lipinski definition) is 0. The number of hydrogen-bond acceptors (Lipinski definition) is 2. The zero-order chi connectivity index (χ0) is 5.86. The Hall–Kier alpha value is -0.550. The summed E-state index contributed by atoms with van der Waals surface area (Å²) in [5.74, 6) is -0.665. The summed E-state index contributed by atoms with van der Waals surface area (Å²) in [7, 11) is 0. The number of carbonyl (C=O) groups excluding carboxylic acids is 1. The molecule has 0 N–H and O–H groups in total. The van der Waals surface area contributed by atoms with Crippen LogP contribution in [0.2, 0.25) is 0 Å². The molecule has 0 heterocycles. The standard InChI is InChI=1S/C4H4ClNO/c1-3(2-6)4(5)7/h3H,1H3. The molecule has 0 aromatic heterocycles. The second-order valence-corrected chi connectivity index (χ2v) is 1.53. The second-order valence-electron chi connectivity index (χ2n) is 1.15. The molecule has 7 heavy (non-hydrogen) atoms. The Morgan fingerprint density at radius 1 is 2.00 bits per heavy atom. The summed E-state index contributed by atoms with van der Waals surface area (Å²) in [6.07, 6.45) is 0. The average Bonchev–Trinajstić information content (AvgIpc) is 1.65. The van der Waals surface area contributed by atoms with Crippen LogP contribution in [0.4, 0.5) is 0 Å². The molecule has 0 spiro atoms. The number of nitrogens with zero attached hydrogens (tertiary/aromatic N) is 1. The summed E-state index contributed by atoms with van der Waals surface area (Å²) in [5.41, 5.74) is 0. The molecule has 0 radical (unpaired) electrons. The summed E-state index contributed by atoms with van der Waals surface area (Å²) >= 11 is 4.87. The van der Waals surface area contributed by atoms with Gasteiger partial charge >= 0.3 is 0 Å². The Balaban J connectivity index is 3.63. The van der Waals surface area contributed by atoms with Gasteiger partial charge in [0.15, 0.2) is 0 Å². The van der Waals surface area contributed by atoms with Gasteiger partial charge in [0.25, 0.3) is 0 Å². The van der Waals surface area contributed by atoms with Crippen molar-refractivity contribution in [3.05, 3.63) is 0 Å². The second kappa shape index (κ2) is 2.59. The Morgan fingerprint density at radius 3 is 2.43 bits per heavy atom. The molecule has 38 valence electrons. The summed E-state index contributed by atoms with van der Waals surface area (Å²) in [6.45, 7) is 1.45. The number of halogens is 1. The van der Waals surface area contributed by atoms with Crippen molar-refractivity contribution >= 4 is 16.8 Å². The largest absolute Gasteiger partial charge is 0.280 e. The maximum absolute atomic E-state index is 9.92. The van der Waals surface area contributed by atoms with Gasteiger partial charge in [-0.2, -0.15) is 5.26 Å². The minimum atomic E-state index is -0.665. The van der Waals surface area contributed by atoms with Gasteiger partial charge in [0.05, 0.1) is 6.07 Å². The highest BCUT2D eigenvalue weighted by Gasteiger charge is 2.05. The molecule has 0 rings (SSSR count). The lowest BCUT2D eigenvalue weighted by Gasteiger charge is -1.84. The van der Waals surface area contributed by atoms with Crippen molar-refractivity contribution in [2.24, 2.45) is 5.92 Å². The first-order valence-electron chi connectivity index (χ1n) is 1.77. The number of nitriles is 1. The third kappa shape index (κ3) is 2.18. The lowest BCUT2D eigenvalue weighted by atomic mass is 10.2. The van der Waals surface area contributed by atoms with E-state index in [0.29, 0.717) is 0 Å². The van der Waals surface area contributed by atoms with E-state index in [9.17, 15) is 4.79 Å². The van der Waals surface area contributed by atoms with Crippen LogP contribution >= 0.6 is 11.6 Å². The van der Waals surface area contributed by atoms with E-state index in [1.54, 1.807) is 6.07 Å². The highest BCUT2D eigenvalue weighted by Crippen LogP contribution is 1.95. The predicted octanol–water partition coefficient (Wildman–Crippen LogP) is 0.911. The van der Waals surface area contributed by atoms with Crippen LogP contribution in [0.3, 0.4) is 0 Å². The van der Waals surface area contributed by atoms with E-state index < -0.39 is 11.2 Å². The van der Waals surface area contributed by atoms with Crippen molar-refractivity contribution in [2.75, 3.05) is 0 Å². The van der Waals surface area contributed by atoms with E-state index in [0.717, 1.165) is 0 Å². The van der Waals surface area contributed by atoms with Gasteiger partial charge in [-0.05, 0) is 18.5 Å². The monoisotopic (exact) mass is 117 g/mol. The Labute approximate surface area is 46.7 Å². The van der Waals surface area contributed by atoms with Crippen LogP contribution in [-0.2, 0) is 4.79 Å². The van der Waals surface area contributed by atoms with Gasteiger partial charge in [0, 0.05) is 0 Å². The molecule has 3 heteroatoms. The van der Waals surface area contributed by atoms with E-state index in [4.69, 9.17) is 16.9 Å². The lowest BCUT2D eigenvalue weighted by molar-refractivity contribution is -0.113. The number of rotatable bonds is 1. The van der Waals surface area contributed by atoms with E-state index in [1.807, 2.05) is 0 Å². The topological polar surface area (TPSA) is 40.9 Å². The maximum Gasteiger partial charge on any atom is 0.238 e. The fourth-order valence-electron chi connectivity index (χ4n) is 0.0507. The molecule has 0 saturated heterocycles. The van der Waals surface area contributed by atoms with Gasteiger partial charge in [-0.25, -0.2) is 0 Å². The van der Waals surface area contributed by atoms with E-state index >= 15 is 0 Å². The van der Waals surface area contributed by atoms with Gasteiger partial charge in [0.1, 0.15) is 5.92 Å². The zero-order valence-electron chi connectivity index (χ0n) is 3.81. The molecular formula is C4H4ClNO. The quantitative estimate of drug-likeness (QED) is 0.479. The van der Waals surface area contributed by atoms with Crippen LogP contribution in [0.25, 0.3) is 0 Å². The van der Waals surface area contributed by atoms with E-state index in [1.165, 1.54) is 6.92 Å². The highest BCUT2D eigenvalue weighted by molar-refractivity contribution is 6.64. The Morgan fingerprint density at radius 2 is 2.43 bits per heavy atom. The van der Waals surface area contributed by atoms with Crippen molar-refractivity contribution in [3.8, 4) is 6.07 Å². The predicted molar refractivity (Wildman–Crippen MR) is 25.6 cm³/mol. The third-order valence-corrected chi connectivity index (χ3v) is 0.861. The molecule has 0 aliphatic heterocycles. The molecular weight excluding hydrogens is 114 g/mol. The van der Waals surface area contributed by atoms with Crippen LogP contribution < -0.4 is 0 Å². The van der Waals surface area contributed by atoms with Crippen LogP contribution in [0.15, 0.2) is 0 Å². The molecule has 0 amide bonds. The van der Waals surface area contributed by atoms with Crippen LogP contribution in [0.1, 0.15) is 6.92 Å². The average molecular weight is 118 g/mol. The third-order valence-electron chi connectivity index (χ3n) is 0.534. The molecule has 0 fully saturated rings. The molecule has 0 aliphatic rings. The molecule has 1 unspecified atom stereocenters. The van der Waals surface area contributed by atoms with Gasteiger partial charge in [-0.3, -0.25) is 4.79 Å². The first-order valence-corrected chi connectivity index (χ1v) is 2.15. The van der Waals surface area contributed by atoms with Gasteiger partial charge in [-0.1, -0.05) is 0 Å². The first-order chi connectivity index (χ1) is 3.18. The first kappa shape index (κ1) is 6.45. The smallest absolute Gasteiger partial charge is 0.238 e. The summed E-state index contributed by atoms with van der Waals surface area (Å²) in [4.78, 5) is 9.92. The Bertz CT molecular complexity index is 115. The molecule has 1 atom stereocenters. The van der Waals surface area contributed by atoms with Crippen molar-refractivity contribution in [3.63, 3.8) is 0 Å². The summed E-state index contributed by atoms with van der Waals surface area (Å²) in [5, 5.41) is 7.36. The van der Waals surface area contributed by atoms with Crippen molar-refractivity contribution < 1.29 is 4.79 Å². The number of carbonyl (C=O) groups is 1. The maximum atomic E-state index is 9.92. The van der Waals surface area contributed by atoms with Crippen molar-refractivity contribution in [2.45, 2.75) is 6.92 Å². The highest BCUT2D eigenvalue weighted by atomic mass is 35.5.